The zero-order chi connectivity index (χ0) is 19.0. The van der Waals surface area contributed by atoms with Crippen LogP contribution in [0.5, 0.6) is 5.75 Å². The zero-order valence-corrected chi connectivity index (χ0v) is 15.2. The van der Waals surface area contributed by atoms with E-state index >= 15 is 0 Å². The fraction of sp³-hybridized carbons (Fsp3) is 0.0385. The van der Waals surface area contributed by atoms with Gasteiger partial charge in [-0.3, -0.25) is 0 Å². The van der Waals surface area contributed by atoms with E-state index < -0.39 is 5.60 Å². The summed E-state index contributed by atoms with van der Waals surface area (Å²) >= 11 is 0. The first-order chi connectivity index (χ1) is 13.8. The van der Waals surface area contributed by atoms with Gasteiger partial charge in [0.05, 0.1) is 11.6 Å². The monoisotopic (exact) mass is 359 g/mol. The number of hydrogen-bond acceptors (Lipinski definition) is 2. The molecule has 0 aromatic heterocycles. The summed E-state index contributed by atoms with van der Waals surface area (Å²) in [6.45, 7) is 0. The van der Waals surface area contributed by atoms with E-state index in [1.807, 2.05) is 54.6 Å². The van der Waals surface area contributed by atoms with Crippen molar-refractivity contribution >= 4 is 16.8 Å². The summed E-state index contributed by atoms with van der Waals surface area (Å²) in [7, 11) is 0. The molecule has 4 aromatic carbocycles. The molecule has 0 N–H and O–H groups in total. The minimum absolute atomic E-state index is 0.637. The third-order valence-electron chi connectivity index (χ3n) is 5.33. The van der Waals surface area contributed by atoms with Gasteiger partial charge in [-0.05, 0) is 41.1 Å². The Morgan fingerprint density at radius 1 is 0.714 bits per heavy atom. The van der Waals surface area contributed by atoms with E-state index in [0.29, 0.717) is 5.56 Å². The Morgan fingerprint density at radius 3 is 2.21 bits per heavy atom. The predicted molar refractivity (Wildman–Crippen MR) is 112 cm³/mol. The lowest BCUT2D eigenvalue weighted by atomic mass is 9.83. The number of rotatable bonds is 2. The number of hydrogen-bond donors (Lipinski definition) is 0. The van der Waals surface area contributed by atoms with Gasteiger partial charge in [0.2, 0.25) is 0 Å². The van der Waals surface area contributed by atoms with Crippen LogP contribution >= 0.6 is 0 Å². The van der Waals surface area contributed by atoms with Crippen LogP contribution in [0.1, 0.15) is 22.3 Å². The second-order valence-corrected chi connectivity index (χ2v) is 6.92. The topological polar surface area (TPSA) is 33.0 Å². The number of fused-ring (bicyclic) bond motifs is 3. The number of benzene rings is 4. The number of nitriles is 1. The van der Waals surface area contributed by atoms with Crippen molar-refractivity contribution in [3.8, 4) is 11.8 Å². The minimum atomic E-state index is -0.731. The molecule has 132 valence electrons. The van der Waals surface area contributed by atoms with Gasteiger partial charge in [-0.15, -0.1) is 0 Å². The standard InChI is InChI=1S/C26H17NO/c27-18-19-10-13-22(14-11-19)26(21-7-2-1-3-8-21)17-16-24-23-9-5-4-6-20(23)12-15-25(24)28-26/h1-17H. The predicted octanol–water partition coefficient (Wildman–Crippen LogP) is 6.06. The summed E-state index contributed by atoms with van der Waals surface area (Å²) in [6.07, 6.45) is 4.28. The molecule has 1 aliphatic rings. The molecule has 0 bridgehead atoms. The van der Waals surface area contributed by atoms with Crippen LogP contribution in [-0.2, 0) is 5.60 Å². The van der Waals surface area contributed by atoms with Crippen molar-refractivity contribution in [2.75, 3.05) is 0 Å². The van der Waals surface area contributed by atoms with Gasteiger partial charge < -0.3 is 4.74 Å². The van der Waals surface area contributed by atoms with Crippen LogP contribution in [0.15, 0.2) is 97.1 Å². The maximum absolute atomic E-state index is 9.16. The van der Waals surface area contributed by atoms with E-state index in [4.69, 9.17) is 10.00 Å². The van der Waals surface area contributed by atoms with Gasteiger partial charge in [0, 0.05) is 16.7 Å². The van der Waals surface area contributed by atoms with E-state index in [1.54, 1.807) is 0 Å². The van der Waals surface area contributed by atoms with Crippen LogP contribution in [0, 0.1) is 11.3 Å². The van der Waals surface area contributed by atoms with Crippen molar-refractivity contribution in [3.05, 3.63) is 119 Å². The van der Waals surface area contributed by atoms with Crippen molar-refractivity contribution in [1.82, 2.24) is 0 Å². The van der Waals surface area contributed by atoms with E-state index in [1.165, 1.54) is 10.8 Å². The van der Waals surface area contributed by atoms with E-state index in [2.05, 4.69) is 54.6 Å². The molecule has 0 fully saturated rings. The number of nitrogens with zero attached hydrogens (tertiary/aromatic N) is 1. The van der Waals surface area contributed by atoms with Gasteiger partial charge >= 0.3 is 0 Å². The first-order valence-electron chi connectivity index (χ1n) is 9.26. The van der Waals surface area contributed by atoms with Crippen LogP contribution in [0.2, 0.25) is 0 Å². The maximum Gasteiger partial charge on any atom is 0.178 e. The number of ether oxygens (including phenoxy) is 1. The molecule has 0 aliphatic carbocycles. The van der Waals surface area contributed by atoms with Gasteiger partial charge in [-0.1, -0.05) is 72.8 Å². The Bertz CT molecular complexity index is 1230. The summed E-state index contributed by atoms with van der Waals surface area (Å²) in [4.78, 5) is 0. The Morgan fingerprint density at radius 2 is 1.43 bits per heavy atom. The molecule has 0 saturated carbocycles. The third-order valence-corrected chi connectivity index (χ3v) is 5.33. The summed E-state index contributed by atoms with van der Waals surface area (Å²) in [5.74, 6) is 0.856. The molecule has 2 heteroatoms. The Labute approximate surface area is 163 Å². The summed E-state index contributed by atoms with van der Waals surface area (Å²) in [5, 5.41) is 11.5. The molecule has 1 unspecified atom stereocenters. The zero-order valence-electron chi connectivity index (χ0n) is 15.2. The van der Waals surface area contributed by atoms with Crippen molar-refractivity contribution in [2.45, 2.75) is 5.60 Å². The molecule has 28 heavy (non-hydrogen) atoms. The fourth-order valence-corrected chi connectivity index (χ4v) is 3.90. The van der Waals surface area contributed by atoms with Gasteiger partial charge in [-0.2, -0.15) is 5.26 Å². The Balaban J connectivity index is 1.72. The molecule has 4 aromatic rings. The fourth-order valence-electron chi connectivity index (χ4n) is 3.90. The van der Waals surface area contributed by atoms with Crippen LogP contribution < -0.4 is 4.74 Å². The lowest BCUT2D eigenvalue weighted by Crippen LogP contribution is -2.34. The second-order valence-electron chi connectivity index (χ2n) is 6.92. The molecule has 1 heterocycles. The summed E-state index contributed by atoms with van der Waals surface area (Å²) in [6, 6.07) is 32.5. The van der Waals surface area contributed by atoms with Gasteiger partial charge in [0.1, 0.15) is 5.75 Å². The first kappa shape index (κ1) is 16.4. The average molecular weight is 359 g/mol. The highest BCUT2D eigenvalue weighted by molar-refractivity contribution is 5.94. The highest BCUT2D eigenvalue weighted by atomic mass is 16.5. The van der Waals surface area contributed by atoms with E-state index in [0.717, 1.165) is 22.4 Å². The molecular weight excluding hydrogens is 342 g/mol. The SMILES string of the molecule is N#Cc1ccc(C2(c3ccccc3)C=Cc3c(ccc4ccccc34)O2)cc1. The van der Waals surface area contributed by atoms with Crippen molar-refractivity contribution in [1.29, 1.82) is 5.26 Å². The molecule has 1 aliphatic heterocycles. The van der Waals surface area contributed by atoms with E-state index in [9.17, 15) is 0 Å². The lowest BCUT2D eigenvalue weighted by Gasteiger charge is -2.36. The van der Waals surface area contributed by atoms with Crippen LogP contribution in [0.3, 0.4) is 0 Å². The molecule has 0 spiro atoms. The molecular formula is C26H17NO. The third kappa shape index (κ3) is 2.49. The van der Waals surface area contributed by atoms with Crippen LogP contribution in [-0.4, -0.2) is 0 Å². The quantitative estimate of drug-likeness (QED) is 0.436. The molecule has 0 saturated heterocycles. The normalized spacial score (nSPS) is 17.5. The summed E-state index contributed by atoms with van der Waals surface area (Å²) in [5.41, 5.74) is 3.05. The Kier molecular flexibility index (Phi) is 3.74. The van der Waals surface area contributed by atoms with Crippen molar-refractivity contribution in [2.24, 2.45) is 0 Å². The molecule has 0 amide bonds. The highest BCUT2D eigenvalue weighted by Gasteiger charge is 2.37. The largest absolute Gasteiger partial charge is 0.473 e. The minimum Gasteiger partial charge on any atom is -0.473 e. The van der Waals surface area contributed by atoms with Crippen LogP contribution in [0.4, 0.5) is 0 Å². The van der Waals surface area contributed by atoms with Crippen LogP contribution in [0.25, 0.3) is 16.8 Å². The van der Waals surface area contributed by atoms with Gasteiger partial charge in [0.15, 0.2) is 5.60 Å². The van der Waals surface area contributed by atoms with Crippen molar-refractivity contribution in [3.63, 3.8) is 0 Å². The molecule has 5 rings (SSSR count). The van der Waals surface area contributed by atoms with Crippen molar-refractivity contribution < 1.29 is 4.74 Å². The van der Waals surface area contributed by atoms with Gasteiger partial charge in [-0.25, -0.2) is 0 Å². The first-order valence-corrected chi connectivity index (χ1v) is 9.26. The molecule has 1 atom stereocenters. The second kappa shape index (κ2) is 6.40. The smallest absolute Gasteiger partial charge is 0.178 e. The summed E-state index contributed by atoms with van der Waals surface area (Å²) < 4.78 is 6.70. The molecule has 0 radical (unpaired) electrons. The Hall–Kier alpha value is -3.83. The van der Waals surface area contributed by atoms with E-state index in [-0.39, 0.29) is 0 Å². The molecule has 2 nitrogen and oxygen atoms in total. The highest BCUT2D eigenvalue weighted by Crippen LogP contribution is 2.44. The average Bonchev–Trinajstić information content (AvgIpc) is 2.79. The van der Waals surface area contributed by atoms with Gasteiger partial charge in [0.25, 0.3) is 0 Å². The lowest BCUT2D eigenvalue weighted by molar-refractivity contribution is 0.161. The maximum atomic E-state index is 9.16.